The van der Waals surface area contributed by atoms with Crippen LogP contribution < -0.4 is 5.32 Å². The van der Waals surface area contributed by atoms with Crippen molar-refractivity contribution in [3.8, 4) is 0 Å². The monoisotopic (exact) mass is 170 g/mol. The van der Waals surface area contributed by atoms with E-state index in [1.54, 1.807) is 0 Å². The third-order valence-electron chi connectivity index (χ3n) is 2.66. The molecule has 0 radical (unpaired) electrons. The van der Waals surface area contributed by atoms with Crippen molar-refractivity contribution in [1.29, 1.82) is 0 Å². The second kappa shape index (κ2) is 3.75. The van der Waals surface area contributed by atoms with E-state index in [2.05, 4.69) is 37.9 Å². The maximum Gasteiger partial charge on any atom is 0.0125 e. The Hall–Kier alpha value is -0.0800. The zero-order valence-electron chi connectivity index (χ0n) is 8.85. The van der Waals surface area contributed by atoms with Gasteiger partial charge in [-0.3, -0.25) is 4.90 Å². The fraction of sp³-hybridized carbons (Fsp3) is 1.00. The van der Waals surface area contributed by atoms with Crippen LogP contribution in [0.4, 0.5) is 0 Å². The Labute approximate surface area is 76.3 Å². The normalized spacial score (nSPS) is 28.5. The molecule has 1 rings (SSSR count). The zero-order valence-corrected chi connectivity index (χ0v) is 8.85. The molecule has 0 saturated carbocycles. The summed E-state index contributed by atoms with van der Waals surface area (Å²) in [4.78, 5) is 2.56. The van der Waals surface area contributed by atoms with Crippen LogP contribution in [0.3, 0.4) is 0 Å². The van der Waals surface area contributed by atoms with E-state index in [-0.39, 0.29) is 0 Å². The minimum Gasteiger partial charge on any atom is -0.313 e. The van der Waals surface area contributed by atoms with Crippen molar-refractivity contribution in [3.63, 3.8) is 0 Å². The second-order valence-corrected chi connectivity index (χ2v) is 4.80. The van der Waals surface area contributed by atoms with E-state index in [0.29, 0.717) is 11.6 Å². The number of nitrogens with zero attached hydrogens (tertiary/aromatic N) is 1. The van der Waals surface area contributed by atoms with Gasteiger partial charge < -0.3 is 5.32 Å². The van der Waals surface area contributed by atoms with E-state index in [1.165, 1.54) is 19.5 Å². The second-order valence-electron chi connectivity index (χ2n) is 4.80. The lowest BCUT2D eigenvalue weighted by molar-refractivity contribution is 0.146. The Kier molecular flexibility index (Phi) is 3.13. The van der Waals surface area contributed by atoms with Gasteiger partial charge in [0.2, 0.25) is 0 Å². The SMILES string of the molecule is C[C@H]1CCN(C(C)(C)C)CCN1. The number of rotatable bonds is 0. The molecule has 0 aromatic heterocycles. The first kappa shape index (κ1) is 10.0. The lowest BCUT2D eigenvalue weighted by Gasteiger charge is -2.34. The van der Waals surface area contributed by atoms with Crippen molar-refractivity contribution in [1.82, 2.24) is 10.2 Å². The molecule has 1 N–H and O–H groups in total. The van der Waals surface area contributed by atoms with Crippen LogP contribution in [0.25, 0.3) is 0 Å². The van der Waals surface area contributed by atoms with Crippen LogP contribution in [0, 0.1) is 0 Å². The molecule has 72 valence electrons. The largest absolute Gasteiger partial charge is 0.313 e. The van der Waals surface area contributed by atoms with Gasteiger partial charge in [0, 0.05) is 31.2 Å². The van der Waals surface area contributed by atoms with Gasteiger partial charge in [0.25, 0.3) is 0 Å². The van der Waals surface area contributed by atoms with Gasteiger partial charge in [-0.25, -0.2) is 0 Å². The van der Waals surface area contributed by atoms with Crippen molar-refractivity contribution in [2.45, 2.75) is 45.7 Å². The van der Waals surface area contributed by atoms with E-state index in [9.17, 15) is 0 Å². The first-order chi connectivity index (χ1) is 5.50. The fourth-order valence-electron chi connectivity index (χ4n) is 1.68. The van der Waals surface area contributed by atoms with Crippen LogP contribution in [-0.4, -0.2) is 36.1 Å². The molecule has 0 aliphatic carbocycles. The summed E-state index contributed by atoms with van der Waals surface area (Å²) in [7, 11) is 0. The first-order valence-corrected chi connectivity index (χ1v) is 4.98. The lowest BCUT2D eigenvalue weighted by Crippen LogP contribution is -2.43. The molecule has 2 heteroatoms. The highest BCUT2D eigenvalue weighted by atomic mass is 15.2. The third kappa shape index (κ3) is 2.76. The standard InChI is InChI=1S/C10H22N2/c1-9-5-7-12(8-6-11-9)10(2,3)4/h9,11H,5-8H2,1-4H3/t9-/m0/s1. The summed E-state index contributed by atoms with van der Waals surface area (Å²) >= 11 is 0. The molecule has 1 heterocycles. The highest BCUT2D eigenvalue weighted by molar-refractivity contribution is 4.80. The fourth-order valence-corrected chi connectivity index (χ4v) is 1.68. The molecule has 1 atom stereocenters. The van der Waals surface area contributed by atoms with Crippen molar-refractivity contribution < 1.29 is 0 Å². The van der Waals surface area contributed by atoms with Crippen LogP contribution in [0.1, 0.15) is 34.1 Å². The number of hydrogen-bond acceptors (Lipinski definition) is 2. The van der Waals surface area contributed by atoms with Crippen molar-refractivity contribution in [3.05, 3.63) is 0 Å². The molecule has 1 aliphatic heterocycles. The van der Waals surface area contributed by atoms with Gasteiger partial charge in [0.15, 0.2) is 0 Å². The highest BCUT2D eigenvalue weighted by Crippen LogP contribution is 2.14. The van der Waals surface area contributed by atoms with Crippen molar-refractivity contribution in [2.75, 3.05) is 19.6 Å². The molecular formula is C10H22N2. The number of nitrogens with one attached hydrogen (secondary N) is 1. The molecule has 1 saturated heterocycles. The van der Waals surface area contributed by atoms with E-state index >= 15 is 0 Å². The molecule has 1 fully saturated rings. The molecular weight excluding hydrogens is 148 g/mol. The quantitative estimate of drug-likeness (QED) is 0.592. The Balaban J connectivity index is 2.46. The van der Waals surface area contributed by atoms with Gasteiger partial charge in [0.05, 0.1) is 0 Å². The zero-order chi connectivity index (χ0) is 9.19. The Bertz CT molecular complexity index is 137. The van der Waals surface area contributed by atoms with Gasteiger partial charge in [-0.15, -0.1) is 0 Å². The molecule has 0 aromatic carbocycles. The average molecular weight is 170 g/mol. The molecule has 2 nitrogen and oxygen atoms in total. The molecule has 0 unspecified atom stereocenters. The predicted molar refractivity (Wildman–Crippen MR) is 53.4 cm³/mol. The van der Waals surface area contributed by atoms with Crippen LogP contribution in [0.2, 0.25) is 0 Å². The molecule has 1 aliphatic rings. The van der Waals surface area contributed by atoms with Gasteiger partial charge >= 0.3 is 0 Å². The maximum absolute atomic E-state index is 3.50. The van der Waals surface area contributed by atoms with Gasteiger partial charge in [-0.2, -0.15) is 0 Å². The van der Waals surface area contributed by atoms with Crippen molar-refractivity contribution >= 4 is 0 Å². The van der Waals surface area contributed by atoms with E-state index in [1.807, 2.05) is 0 Å². The highest BCUT2D eigenvalue weighted by Gasteiger charge is 2.22. The van der Waals surface area contributed by atoms with Crippen LogP contribution >= 0.6 is 0 Å². The summed E-state index contributed by atoms with van der Waals surface area (Å²) in [5.74, 6) is 0. The minimum atomic E-state index is 0.339. The van der Waals surface area contributed by atoms with E-state index in [4.69, 9.17) is 0 Å². The van der Waals surface area contributed by atoms with Gasteiger partial charge in [-0.05, 0) is 34.1 Å². The lowest BCUT2D eigenvalue weighted by atomic mass is 10.1. The number of hydrogen-bond donors (Lipinski definition) is 1. The summed E-state index contributed by atoms with van der Waals surface area (Å²) in [6, 6.07) is 0.692. The van der Waals surface area contributed by atoms with Gasteiger partial charge in [0.1, 0.15) is 0 Å². The van der Waals surface area contributed by atoms with Crippen LogP contribution in [-0.2, 0) is 0 Å². The molecule has 0 bridgehead atoms. The van der Waals surface area contributed by atoms with Crippen LogP contribution in [0.15, 0.2) is 0 Å². The van der Waals surface area contributed by atoms with Crippen molar-refractivity contribution in [2.24, 2.45) is 0 Å². The Morgan fingerprint density at radius 1 is 1.25 bits per heavy atom. The summed E-state index contributed by atoms with van der Waals surface area (Å²) in [6.07, 6.45) is 1.28. The third-order valence-corrected chi connectivity index (χ3v) is 2.66. The summed E-state index contributed by atoms with van der Waals surface area (Å²) < 4.78 is 0. The van der Waals surface area contributed by atoms with Crippen LogP contribution in [0.5, 0.6) is 0 Å². The molecule has 12 heavy (non-hydrogen) atoms. The minimum absolute atomic E-state index is 0.339. The molecule has 0 spiro atoms. The van der Waals surface area contributed by atoms with Gasteiger partial charge in [-0.1, -0.05) is 0 Å². The maximum atomic E-state index is 3.50. The average Bonchev–Trinajstić information content (AvgIpc) is 2.11. The summed E-state index contributed by atoms with van der Waals surface area (Å²) in [5.41, 5.74) is 0.339. The predicted octanol–water partition coefficient (Wildman–Crippen LogP) is 1.47. The first-order valence-electron chi connectivity index (χ1n) is 4.98. The topological polar surface area (TPSA) is 15.3 Å². The smallest absolute Gasteiger partial charge is 0.0125 e. The van der Waals surface area contributed by atoms with E-state index < -0.39 is 0 Å². The van der Waals surface area contributed by atoms with E-state index in [0.717, 1.165) is 6.54 Å². The summed E-state index contributed by atoms with van der Waals surface area (Å²) in [5, 5.41) is 3.50. The molecule has 0 amide bonds. The Morgan fingerprint density at radius 3 is 2.50 bits per heavy atom. The molecule has 0 aromatic rings. The summed E-state index contributed by atoms with van der Waals surface area (Å²) in [6.45, 7) is 12.7. The Morgan fingerprint density at radius 2 is 1.92 bits per heavy atom.